The van der Waals surface area contributed by atoms with E-state index in [0.717, 1.165) is 23.1 Å². The number of para-hydroxylation sites is 1. The highest BCUT2D eigenvalue weighted by atomic mass is 32.2. The zero-order valence-electron chi connectivity index (χ0n) is 13.5. The molecule has 1 aromatic carbocycles. The maximum Gasteiger partial charge on any atom is 0.234 e. The molecule has 0 aliphatic rings. The topological polar surface area (TPSA) is 59.8 Å². The van der Waals surface area contributed by atoms with Crippen LogP contribution in [0.2, 0.25) is 0 Å². The van der Waals surface area contributed by atoms with Crippen molar-refractivity contribution in [2.75, 3.05) is 11.1 Å². The SMILES string of the molecule is CC[C@@H](C)c1ccccc1NC(=O)CSc1nnc(C)n1C. The number of benzene rings is 1. The minimum Gasteiger partial charge on any atom is -0.325 e. The molecule has 1 atom stereocenters. The number of carbonyl (C=O) groups is 1. The largest absolute Gasteiger partial charge is 0.325 e. The van der Waals surface area contributed by atoms with E-state index in [2.05, 4.69) is 35.4 Å². The highest BCUT2D eigenvalue weighted by Gasteiger charge is 2.13. The summed E-state index contributed by atoms with van der Waals surface area (Å²) in [6.07, 6.45) is 1.04. The summed E-state index contributed by atoms with van der Waals surface area (Å²) < 4.78 is 1.88. The molecule has 118 valence electrons. The van der Waals surface area contributed by atoms with E-state index in [1.54, 1.807) is 0 Å². The molecular formula is C16H22N4OS. The first-order chi connectivity index (χ1) is 10.5. The van der Waals surface area contributed by atoms with E-state index in [1.165, 1.54) is 17.3 Å². The van der Waals surface area contributed by atoms with Crippen LogP contribution in [0.4, 0.5) is 5.69 Å². The maximum atomic E-state index is 12.2. The smallest absolute Gasteiger partial charge is 0.234 e. The molecule has 22 heavy (non-hydrogen) atoms. The Balaban J connectivity index is 1.99. The average Bonchev–Trinajstić information content (AvgIpc) is 2.84. The third-order valence-corrected chi connectivity index (χ3v) is 4.78. The predicted molar refractivity (Wildman–Crippen MR) is 90.2 cm³/mol. The van der Waals surface area contributed by atoms with Crippen LogP contribution in [0.25, 0.3) is 0 Å². The standard InChI is InChI=1S/C16H22N4OS/c1-5-11(2)13-8-6-7-9-14(13)17-15(21)10-22-16-19-18-12(3)20(16)4/h6-9,11H,5,10H2,1-4H3,(H,17,21)/t11-/m1/s1. The average molecular weight is 318 g/mol. The Labute approximate surface area is 135 Å². The van der Waals surface area contributed by atoms with Gasteiger partial charge in [-0.05, 0) is 30.9 Å². The summed E-state index contributed by atoms with van der Waals surface area (Å²) in [5.74, 6) is 1.55. The van der Waals surface area contributed by atoms with Gasteiger partial charge in [-0.1, -0.05) is 43.8 Å². The monoisotopic (exact) mass is 318 g/mol. The van der Waals surface area contributed by atoms with Crippen LogP contribution in [0.15, 0.2) is 29.4 Å². The Morgan fingerprint density at radius 2 is 2.09 bits per heavy atom. The lowest BCUT2D eigenvalue weighted by molar-refractivity contribution is -0.113. The number of hydrogen-bond acceptors (Lipinski definition) is 4. The zero-order valence-corrected chi connectivity index (χ0v) is 14.3. The molecule has 1 heterocycles. The Bertz CT molecular complexity index is 653. The summed E-state index contributed by atoms with van der Waals surface area (Å²) in [6, 6.07) is 7.98. The second-order valence-electron chi connectivity index (χ2n) is 5.32. The Kier molecular flexibility index (Phi) is 5.60. The fourth-order valence-electron chi connectivity index (χ4n) is 2.09. The number of thioether (sulfide) groups is 1. The van der Waals surface area contributed by atoms with Gasteiger partial charge in [0.05, 0.1) is 5.75 Å². The molecule has 0 aliphatic carbocycles. The molecule has 1 N–H and O–H groups in total. The molecule has 6 heteroatoms. The number of hydrogen-bond donors (Lipinski definition) is 1. The molecule has 5 nitrogen and oxygen atoms in total. The lowest BCUT2D eigenvalue weighted by atomic mass is 9.97. The zero-order chi connectivity index (χ0) is 16.1. The highest BCUT2D eigenvalue weighted by Crippen LogP contribution is 2.26. The van der Waals surface area contributed by atoms with Gasteiger partial charge in [-0.2, -0.15) is 0 Å². The van der Waals surface area contributed by atoms with Crippen molar-refractivity contribution in [3.05, 3.63) is 35.7 Å². The van der Waals surface area contributed by atoms with Crippen molar-refractivity contribution in [3.63, 3.8) is 0 Å². The first kappa shape index (κ1) is 16.5. The van der Waals surface area contributed by atoms with Crippen LogP contribution in [0, 0.1) is 6.92 Å². The molecule has 2 rings (SSSR count). The normalized spacial score (nSPS) is 12.2. The summed E-state index contributed by atoms with van der Waals surface area (Å²) in [6.45, 7) is 6.21. The van der Waals surface area contributed by atoms with Crippen molar-refractivity contribution in [1.82, 2.24) is 14.8 Å². The number of amides is 1. The molecule has 0 saturated heterocycles. The van der Waals surface area contributed by atoms with Gasteiger partial charge in [-0.25, -0.2) is 0 Å². The molecule has 0 radical (unpaired) electrons. The van der Waals surface area contributed by atoms with Gasteiger partial charge in [0.25, 0.3) is 0 Å². The number of nitrogens with one attached hydrogen (secondary N) is 1. The van der Waals surface area contributed by atoms with Crippen molar-refractivity contribution in [2.24, 2.45) is 7.05 Å². The lowest BCUT2D eigenvalue weighted by Gasteiger charge is -2.15. The maximum absolute atomic E-state index is 12.2. The minimum absolute atomic E-state index is 0.0265. The summed E-state index contributed by atoms with van der Waals surface area (Å²) in [4.78, 5) is 12.2. The van der Waals surface area contributed by atoms with Gasteiger partial charge in [0.2, 0.25) is 5.91 Å². The molecule has 2 aromatic rings. The number of anilines is 1. The molecule has 1 amide bonds. The van der Waals surface area contributed by atoms with Crippen LogP contribution < -0.4 is 5.32 Å². The second-order valence-corrected chi connectivity index (χ2v) is 6.26. The highest BCUT2D eigenvalue weighted by molar-refractivity contribution is 7.99. The van der Waals surface area contributed by atoms with Crippen molar-refractivity contribution < 1.29 is 4.79 Å². The van der Waals surface area contributed by atoms with E-state index in [0.29, 0.717) is 11.7 Å². The fourth-order valence-corrected chi connectivity index (χ4v) is 2.85. The van der Waals surface area contributed by atoms with E-state index >= 15 is 0 Å². The lowest BCUT2D eigenvalue weighted by Crippen LogP contribution is -2.16. The number of nitrogens with zero attached hydrogens (tertiary/aromatic N) is 3. The molecule has 0 spiro atoms. The summed E-state index contributed by atoms with van der Waals surface area (Å²) in [5, 5.41) is 11.8. The van der Waals surface area contributed by atoms with Crippen LogP contribution in [0.1, 0.15) is 37.6 Å². The van der Waals surface area contributed by atoms with Crippen LogP contribution in [-0.4, -0.2) is 26.4 Å². The van der Waals surface area contributed by atoms with Gasteiger partial charge in [0.15, 0.2) is 5.16 Å². The van der Waals surface area contributed by atoms with E-state index < -0.39 is 0 Å². The van der Waals surface area contributed by atoms with Crippen LogP contribution in [0.3, 0.4) is 0 Å². The second kappa shape index (κ2) is 7.45. The van der Waals surface area contributed by atoms with Gasteiger partial charge in [0.1, 0.15) is 5.82 Å². The Morgan fingerprint density at radius 3 is 2.73 bits per heavy atom. The van der Waals surface area contributed by atoms with Crippen LogP contribution in [-0.2, 0) is 11.8 Å². The molecule has 0 aliphatic heterocycles. The molecular weight excluding hydrogens is 296 g/mol. The van der Waals surface area contributed by atoms with Crippen LogP contribution >= 0.6 is 11.8 Å². The van der Waals surface area contributed by atoms with E-state index in [1.807, 2.05) is 36.7 Å². The van der Waals surface area contributed by atoms with Gasteiger partial charge in [-0.3, -0.25) is 4.79 Å². The third kappa shape index (κ3) is 3.88. The number of aryl methyl sites for hydroxylation is 1. The van der Waals surface area contributed by atoms with Crippen molar-refractivity contribution in [1.29, 1.82) is 0 Å². The Hall–Kier alpha value is -1.82. The van der Waals surface area contributed by atoms with Crippen molar-refractivity contribution in [3.8, 4) is 0 Å². The fraction of sp³-hybridized carbons (Fsp3) is 0.438. The molecule has 0 unspecified atom stereocenters. The summed E-state index contributed by atoms with van der Waals surface area (Å²) >= 11 is 1.39. The van der Waals surface area contributed by atoms with E-state index in [9.17, 15) is 4.79 Å². The first-order valence-electron chi connectivity index (χ1n) is 7.40. The molecule has 0 saturated carbocycles. The Morgan fingerprint density at radius 1 is 1.36 bits per heavy atom. The van der Waals surface area contributed by atoms with E-state index in [4.69, 9.17) is 0 Å². The van der Waals surface area contributed by atoms with Gasteiger partial charge < -0.3 is 9.88 Å². The van der Waals surface area contributed by atoms with Crippen molar-refractivity contribution in [2.45, 2.75) is 38.3 Å². The van der Waals surface area contributed by atoms with Crippen LogP contribution in [0.5, 0.6) is 0 Å². The number of carbonyl (C=O) groups excluding carboxylic acids is 1. The van der Waals surface area contributed by atoms with Gasteiger partial charge in [-0.15, -0.1) is 10.2 Å². The molecule has 0 bridgehead atoms. The third-order valence-electron chi connectivity index (χ3n) is 3.76. The summed E-state index contributed by atoms with van der Waals surface area (Å²) in [7, 11) is 1.90. The predicted octanol–water partition coefficient (Wildman–Crippen LogP) is 3.37. The molecule has 1 aromatic heterocycles. The molecule has 0 fully saturated rings. The quantitative estimate of drug-likeness (QED) is 0.830. The van der Waals surface area contributed by atoms with Crippen molar-refractivity contribution >= 4 is 23.4 Å². The van der Waals surface area contributed by atoms with Gasteiger partial charge in [0, 0.05) is 12.7 Å². The minimum atomic E-state index is -0.0265. The summed E-state index contributed by atoms with van der Waals surface area (Å²) in [5.41, 5.74) is 2.08. The first-order valence-corrected chi connectivity index (χ1v) is 8.39. The number of aromatic nitrogens is 3. The van der Waals surface area contributed by atoms with E-state index in [-0.39, 0.29) is 5.91 Å². The van der Waals surface area contributed by atoms with Gasteiger partial charge >= 0.3 is 0 Å². The number of rotatable bonds is 6.